The fraction of sp³-hybridized carbons (Fsp3) is 0.0476. The zero-order chi connectivity index (χ0) is 18.5. The Kier molecular flexibility index (Phi) is 5.08. The third kappa shape index (κ3) is 4.13. The molecule has 3 rings (SSSR count). The predicted molar refractivity (Wildman–Crippen MR) is 99.9 cm³/mol. The summed E-state index contributed by atoms with van der Waals surface area (Å²) in [5.41, 5.74) is 2.46. The van der Waals surface area contributed by atoms with Crippen molar-refractivity contribution in [3.8, 4) is 0 Å². The lowest BCUT2D eigenvalue weighted by molar-refractivity contribution is 0.102. The SMILES string of the molecule is Cc1ccc(NC(=O)c2cccc(C(=O)Nc3ccccc3F)c2)cc1. The van der Waals surface area contributed by atoms with E-state index < -0.39 is 11.7 Å². The first kappa shape index (κ1) is 17.4. The number of amides is 2. The Morgan fingerprint density at radius 1 is 0.769 bits per heavy atom. The van der Waals surface area contributed by atoms with Crippen molar-refractivity contribution in [1.82, 2.24) is 0 Å². The van der Waals surface area contributed by atoms with Crippen LogP contribution in [-0.2, 0) is 0 Å². The number of rotatable bonds is 4. The Hall–Kier alpha value is -3.47. The summed E-state index contributed by atoms with van der Waals surface area (Å²) in [6.45, 7) is 1.96. The summed E-state index contributed by atoms with van der Waals surface area (Å²) >= 11 is 0. The largest absolute Gasteiger partial charge is 0.322 e. The van der Waals surface area contributed by atoms with E-state index in [-0.39, 0.29) is 17.2 Å². The maximum Gasteiger partial charge on any atom is 0.255 e. The molecule has 2 amide bonds. The van der Waals surface area contributed by atoms with Gasteiger partial charge in [-0.15, -0.1) is 0 Å². The number of carbonyl (C=O) groups excluding carboxylic acids is 2. The highest BCUT2D eigenvalue weighted by atomic mass is 19.1. The second-order valence-corrected chi connectivity index (χ2v) is 5.83. The molecule has 0 saturated carbocycles. The van der Waals surface area contributed by atoms with Gasteiger partial charge in [-0.25, -0.2) is 4.39 Å². The normalized spacial score (nSPS) is 10.2. The van der Waals surface area contributed by atoms with Crippen LogP contribution in [0.3, 0.4) is 0 Å². The molecular weight excluding hydrogens is 331 g/mol. The number of carbonyl (C=O) groups is 2. The molecular formula is C21H17FN2O2. The molecule has 0 heterocycles. The quantitative estimate of drug-likeness (QED) is 0.722. The average Bonchev–Trinajstić information content (AvgIpc) is 2.65. The molecule has 0 aliphatic carbocycles. The summed E-state index contributed by atoms with van der Waals surface area (Å²) in [7, 11) is 0. The van der Waals surface area contributed by atoms with Crippen LogP contribution in [0.5, 0.6) is 0 Å². The first-order valence-electron chi connectivity index (χ1n) is 8.07. The van der Waals surface area contributed by atoms with Crippen LogP contribution >= 0.6 is 0 Å². The third-order valence-corrected chi connectivity index (χ3v) is 3.82. The van der Waals surface area contributed by atoms with E-state index in [1.807, 2.05) is 31.2 Å². The number of anilines is 2. The van der Waals surface area contributed by atoms with Crippen LogP contribution in [0.2, 0.25) is 0 Å². The van der Waals surface area contributed by atoms with Gasteiger partial charge in [-0.2, -0.15) is 0 Å². The molecule has 4 nitrogen and oxygen atoms in total. The van der Waals surface area contributed by atoms with E-state index in [0.29, 0.717) is 11.3 Å². The molecule has 0 aliphatic rings. The summed E-state index contributed by atoms with van der Waals surface area (Å²) in [4.78, 5) is 24.7. The van der Waals surface area contributed by atoms with Crippen molar-refractivity contribution in [3.05, 3.63) is 95.3 Å². The Bertz CT molecular complexity index is 952. The van der Waals surface area contributed by atoms with Gasteiger partial charge in [-0.1, -0.05) is 35.9 Å². The molecule has 0 radical (unpaired) electrons. The van der Waals surface area contributed by atoms with Gasteiger partial charge in [-0.3, -0.25) is 9.59 Å². The molecule has 0 aromatic heterocycles. The molecule has 0 saturated heterocycles. The lowest BCUT2D eigenvalue weighted by Gasteiger charge is -2.09. The highest BCUT2D eigenvalue weighted by Crippen LogP contribution is 2.16. The summed E-state index contributed by atoms with van der Waals surface area (Å²) < 4.78 is 13.7. The average molecular weight is 348 g/mol. The second kappa shape index (κ2) is 7.61. The lowest BCUT2D eigenvalue weighted by atomic mass is 10.1. The van der Waals surface area contributed by atoms with E-state index in [1.54, 1.807) is 30.3 Å². The van der Waals surface area contributed by atoms with Crippen LogP contribution in [-0.4, -0.2) is 11.8 Å². The van der Waals surface area contributed by atoms with Crippen molar-refractivity contribution in [1.29, 1.82) is 0 Å². The van der Waals surface area contributed by atoms with Crippen molar-refractivity contribution in [2.24, 2.45) is 0 Å². The molecule has 3 aromatic rings. The number of aryl methyl sites for hydroxylation is 1. The minimum Gasteiger partial charge on any atom is -0.322 e. The van der Waals surface area contributed by atoms with Crippen LogP contribution in [0.15, 0.2) is 72.8 Å². The van der Waals surface area contributed by atoms with Gasteiger partial charge in [-0.05, 0) is 49.4 Å². The topological polar surface area (TPSA) is 58.2 Å². The number of hydrogen-bond donors (Lipinski definition) is 2. The third-order valence-electron chi connectivity index (χ3n) is 3.82. The number of benzene rings is 3. The van der Waals surface area contributed by atoms with Crippen molar-refractivity contribution < 1.29 is 14.0 Å². The lowest BCUT2D eigenvalue weighted by Crippen LogP contribution is -2.16. The van der Waals surface area contributed by atoms with E-state index in [2.05, 4.69) is 10.6 Å². The van der Waals surface area contributed by atoms with Gasteiger partial charge in [0.15, 0.2) is 0 Å². The van der Waals surface area contributed by atoms with E-state index in [4.69, 9.17) is 0 Å². The van der Waals surface area contributed by atoms with Gasteiger partial charge >= 0.3 is 0 Å². The minimum absolute atomic E-state index is 0.0898. The number of halogens is 1. The summed E-state index contributed by atoms with van der Waals surface area (Å²) in [5.74, 6) is -1.33. The molecule has 130 valence electrons. The Morgan fingerprint density at radius 3 is 2.04 bits per heavy atom. The highest BCUT2D eigenvalue weighted by molar-refractivity contribution is 6.08. The van der Waals surface area contributed by atoms with Crippen LogP contribution in [0.4, 0.5) is 15.8 Å². The molecule has 2 N–H and O–H groups in total. The Balaban J connectivity index is 1.75. The molecule has 0 spiro atoms. The molecule has 3 aromatic carbocycles. The zero-order valence-electron chi connectivity index (χ0n) is 14.1. The first-order chi connectivity index (χ1) is 12.5. The standard InChI is InChI=1S/C21H17FN2O2/c1-14-9-11-17(12-10-14)23-20(25)15-5-4-6-16(13-15)21(26)24-19-8-3-2-7-18(19)22/h2-13H,1H3,(H,23,25)(H,24,26). The minimum atomic E-state index is -0.519. The molecule has 0 aliphatic heterocycles. The summed E-state index contributed by atoms with van der Waals surface area (Å²) in [6, 6.07) is 19.6. The van der Waals surface area contributed by atoms with Gasteiger partial charge in [0.2, 0.25) is 0 Å². The number of hydrogen-bond acceptors (Lipinski definition) is 2. The maximum absolute atomic E-state index is 13.7. The van der Waals surface area contributed by atoms with E-state index in [0.717, 1.165) is 5.56 Å². The first-order valence-corrected chi connectivity index (χ1v) is 8.07. The van der Waals surface area contributed by atoms with Crippen LogP contribution < -0.4 is 10.6 Å². The van der Waals surface area contributed by atoms with Gasteiger partial charge < -0.3 is 10.6 Å². The fourth-order valence-electron chi connectivity index (χ4n) is 2.40. The van der Waals surface area contributed by atoms with Crippen LogP contribution in [0, 0.1) is 12.7 Å². The van der Waals surface area contributed by atoms with Crippen molar-refractivity contribution >= 4 is 23.2 Å². The maximum atomic E-state index is 13.7. The van der Waals surface area contributed by atoms with E-state index >= 15 is 0 Å². The Labute approximate surface area is 150 Å². The van der Waals surface area contributed by atoms with E-state index in [9.17, 15) is 14.0 Å². The summed E-state index contributed by atoms with van der Waals surface area (Å²) in [5, 5.41) is 5.28. The molecule has 0 unspecified atom stereocenters. The molecule has 0 fully saturated rings. The monoisotopic (exact) mass is 348 g/mol. The van der Waals surface area contributed by atoms with Crippen LogP contribution in [0.25, 0.3) is 0 Å². The van der Waals surface area contributed by atoms with Crippen LogP contribution in [0.1, 0.15) is 26.3 Å². The molecule has 5 heteroatoms. The van der Waals surface area contributed by atoms with Crippen molar-refractivity contribution in [2.75, 3.05) is 10.6 Å². The molecule has 0 bridgehead atoms. The number of nitrogens with one attached hydrogen (secondary N) is 2. The Morgan fingerprint density at radius 2 is 1.38 bits per heavy atom. The van der Waals surface area contributed by atoms with Gasteiger partial charge in [0.05, 0.1) is 5.69 Å². The van der Waals surface area contributed by atoms with Gasteiger partial charge in [0.1, 0.15) is 5.82 Å². The zero-order valence-corrected chi connectivity index (χ0v) is 14.1. The van der Waals surface area contributed by atoms with Gasteiger partial charge in [0, 0.05) is 16.8 Å². The van der Waals surface area contributed by atoms with Crippen molar-refractivity contribution in [2.45, 2.75) is 6.92 Å². The highest BCUT2D eigenvalue weighted by Gasteiger charge is 2.12. The fourth-order valence-corrected chi connectivity index (χ4v) is 2.40. The smallest absolute Gasteiger partial charge is 0.255 e. The van der Waals surface area contributed by atoms with Gasteiger partial charge in [0.25, 0.3) is 11.8 Å². The molecule has 26 heavy (non-hydrogen) atoms. The van der Waals surface area contributed by atoms with Crippen molar-refractivity contribution in [3.63, 3.8) is 0 Å². The molecule has 0 atom stereocenters. The second-order valence-electron chi connectivity index (χ2n) is 5.83. The predicted octanol–water partition coefficient (Wildman–Crippen LogP) is 4.64. The summed E-state index contributed by atoms with van der Waals surface area (Å²) in [6.07, 6.45) is 0. The van der Waals surface area contributed by atoms with E-state index in [1.165, 1.54) is 18.2 Å². The number of para-hydroxylation sites is 1.